The van der Waals surface area contributed by atoms with Crippen LogP contribution in [0.2, 0.25) is 0 Å². The van der Waals surface area contributed by atoms with E-state index in [1.54, 1.807) is 23.4 Å². The molecule has 9 nitrogen and oxygen atoms in total. The van der Waals surface area contributed by atoms with Crippen molar-refractivity contribution in [2.75, 3.05) is 36.8 Å². The van der Waals surface area contributed by atoms with Crippen LogP contribution in [-0.4, -0.2) is 62.4 Å². The number of hydrogen-bond donors (Lipinski definition) is 2. The number of rotatable bonds is 2. The van der Waals surface area contributed by atoms with Crippen molar-refractivity contribution in [1.82, 2.24) is 30.3 Å². The van der Waals surface area contributed by atoms with E-state index in [0.29, 0.717) is 32.1 Å². The summed E-state index contributed by atoms with van der Waals surface area (Å²) in [5.74, 6) is 0.606. The number of aromatic amines is 1. The highest BCUT2D eigenvalue weighted by Crippen LogP contribution is 2.13. The largest absolute Gasteiger partial charge is 0.380 e. The second kappa shape index (κ2) is 5.11. The number of piperazine rings is 1. The molecule has 0 unspecified atom stereocenters. The van der Waals surface area contributed by atoms with Crippen molar-refractivity contribution in [1.29, 1.82) is 0 Å². The van der Waals surface area contributed by atoms with Crippen LogP contribution in [0.5, 0.6) is 0 Å². The van der Waals surface area contributed by atoms with Gasteiger partial charge >= 0.3 is 0 Å². The Morgan fingerprint density at radius 1 is 1.15 bits per heavy atom. The van der Waals surface area contributed by atoms with Gasteiger partial charge in [-0.2, -0.15) is 5.21 Å². The van der Waals surface area contributed by atoms with Crippen LogP contribution in [0.3, 0.4) is 0 Å². The molecule has 1 saturated heterocycles. The lowest BCUT2D eigenvalue weighted by Gasteiger charge is -2.34. The van der Waals surface area contributed by atoms with Crippen LogP contribution in [0.1, 0.15) is 10.5 Å². The van der Waals surface area contributed by atoms with Gasteiger partial charge in [0.1, 0.15) is 0 Å². The van der Waals surface area contributed by atoms with E-state index in [2.05, 4.69) is 25.4 Å². The molecule has 0 aromatic carbocycles. The van der Waals surface area contributed by atoms with Crippen LogP contribution in [0.15, 0.2) is 18.5 Å². The molecule has 2 aromatic rings. The number of carbonyl (C=O) groups excluding carboxylic acids is 1. The number of anilines is 2. The molecule has 20 heavy (non-hydrogen) atoms. The van der Waals surface area contributed by atoms with E-state index >= 15 is 0 Å². The average Bonchev–Trinajstić information content (AvgIpc) is 2.94. The summed E-state index contributed by atoms with van der Waals surface area (Å²) >= 11 is 0. The fourth-order valence-electron chi connectivity index (χ4n) is 2.11. The topological polar surface area (TPSA) is 117 Å². The van der Waals surface area contributed by atoms with E-state index in [-0.39, 0.29) is 17.4 Å². The summed E-state index contributed by atoms with van der Waals surface area (Å²) in [4.78, 5) is 24.3. The number of nitrogen functional groups attached to an aromatic ring is 1. The molecule has 0 aliphatic carbocycles. The predicted octanol–water partition coefficient (Wildman–Crippen LogP) is -0.861. The van der Waals surface area contributed by atoms with Gasteiger partial charge in [0.2, 0.25) is 5.95 Å². The molecule has 3 heterocycles. The van der Waals surface area contributed by atoms with Gasteiger partial charge in [-0.1, -0.05) is 0 Å². The summed E-state index contributed by atoms with van der Waals surface area (Å²) < 4.78 is 0. The lowest BCUT2D eigenvalue weighted by Crippen LogP contribution is -2.49. The molecular weight excluding hydrogens is 260 g/mol. The number of nitrogens with two attached hydrogens (primary N) is 1. The Kier molecular flexibility index (Phi) is 3.15. The van der Waals surface area contributed by atoms with Crippen LogP contribution in [0.25, 0.3) is 0 Å². The first kappa shape index (κ1) is 12.3. The lowest BCUT2D eigenvalue weighted by atomic mass is 10.3. The minimum absolute atomic E-state index is 0.129. The maximum atomic E-state index is 12.2. The number of nitrogens with one attached hydrogen (secondary N) is 1. The van der Waals surface area contributed by atoms with Crippen molar-refractivity contribution in [2.24, 2.45) is 0 Å². The first-order valence-electron chi connectivity index (χ1n) is 6.23. The van der Waals surface area contributed by atoms with Crippen LogP contribution in [-0.2, 0) is 0 Å². The van der Waals surface area contributed by atoms with E-state index in [9.17, 15) is 4.79 Å². The number of aromatic nitrogens is 5. The Morgan fingerprint density at radius 3 is 2.45 bits per heavy atom. The van der Waals surface area contributed by atoms with Gasteiger partial charge in [0.05, 0.1) is 0 Å². The molecule has 0 radical (unpaired) electrons. The van der Waals surface area contributed by atoms with E-state index < -0.39 is 0 Å². The van der Waals surface area contributed by atoms with Gasteiger partial charge in [-0.05, 0) is 6.07 Å². The molecule has 3 N–H and O–H groups in total. The summed E-state index contributed by atoms with van der Waals surface area (Å²) in [5.41, 5.74) is 5.76. The molecule has 104 valence electrons. The second-order valence-corrected chi connectivity index (χ2v) is 4.39. The van der Waals surface area contributed by atoms with Crippen LogP contribution in [0, 0.1) is 0 Å². The zero-order chi connectivity index (χ0) is 13.9. The van der Waals surface area contributed by atoms with Gasteiger partial charge in [-0.15, -0.1) is 10.2 Å². The highest BCUT2D eigenvalue weighted by molar-refractivity contribution is 5.96. The molecule has 0 atom stereocenters. The zero-order valence-corrected chi connectivity index (χ0v) is 10.7. The van der Waals surface area contributed by atoms with E-state index in [1.165, 1.54) is 0 Å². The third-order valence-electron chi connectivity index (χ3n) is 3.18. The SMILES string of the molecule is Nc1n[nH]nc1C(=O)N1CCN(c2ncccn2)CC1. The number of carbonyl (C=O) groups is 1. The van der Waals surface area contributed by atoms with Crippen LogP contribution >= 0.6 is 0 Å². The van der Waals surface area contributed by atoms with Crippen molar-refractivity contribution in [2.45, 2.75) is 0 Å². The van der Waals surface area contributed by atoms with Gasteiger partial charge in [0.25, 0.3) is 5.91 Å². The van der Waals surface area contributed by atoms with Gasteiger partial charge in [0, 0.05) is 38.6 Å². The summed E-state index contributed by atoms with van der Waals surface area (Å²) in [6, 6.07) is 1.77. The highest BCUT2D eigenvalue weighted by atomic mass is 16.2. The average molecular weight is 274 g/mol. The van der Waals surface area contributed by atoms with E-state index in [1.807, 2.05) is 4.90 Å². The Morgan fingerprint density at radius 2 is 1.85 bits per heavy atom. The molecule has 3 rings (SSSR count). The molecule has 1 fully saturated rings. The van der Waals surface area contributed by atoms with E-state index in [0.717, 1.165) is 0 Å². The number of H-pyrrole nitrogens is 1. The first-order chi connectivity index (χ1) is 9.75. The van der Waals surface area contributed by atoms with Crippen molar-refractivity contribution >= 4 is 17.7 Å². The molecular formula is C11H14N8O. The molecule has 0 bridgehead atoms. The molecule has 1 aliphatic heterocycles. The van der Waals surface area contributed by atoms with Crippen molar-refractivity contribution in [3.8, 4) is 0 Å². The maximum Gasteiger partial charge on any atom is 0.278 e. The minimum Gasteiger partial charge on any atom is -0.380 e. The van der Waals surface area contributed by atoms with E-state index in [4.69, 9.17) is 5.73 Å². The summed E-state index contributed by atoms with van der Waals surface area (Å²) in [5, 5.41) is 9.79. The first-order valence-corrected chi connectivity index (χ1v) is 6.23. The quantitative estimate of drug-likeness (QED) is 0.731. The predicted molar refractivity (Wildman–Crippen MR) is 70.9 cm³/mol. The van der Waals surface area contributed by atoms with Gasteiger partial charge in [-0.3, -0.25) is 4.79 Å². The molecule has 1 aliphatic rings. The Balaban J connectivity index is 1.64. The number of nitrogens with zero attached hydrogens (tertiary/aromatic N) is 6. The third kappa shape index (κ3) is 2.25. The number of amides is 1. The zero-order valence-electron chi connectivity index (χ0n) is 10.7. The second-order valence-electron chi connectivity index (χ2n) is 4.39. The monoisotopic (exact) mass is 274 g/mol. The minimum atomic E-state index is -0.204. The molecule has 0 saturated carbocycles. The van der Waals surface area contributed by atoms with Crippen LogP contribution < -0.4 is 10.6 Å². The smallest absolute Gasteiger partial charge is 0.278 e. The lowest BCUT2D eigenvalue weighted by molar-refractivity contribution is 0.0741. The van der Waals surface area contributed by atoms with Gasteiger partial charge in [-0.25, -0.2) is 9.97 Å². The van der Waals surface area contributed by atoms with Crippen LogP contribution in [0.4, 0.5) is 11.8 Å². The fraction of sp³-hybridized carbons (Fsp3) is 0.364. The Labute approximate surface area is 114 Å². The molecule has 0 spiro atoms. The highest BCUT2D eigenvalue weighted by Gasteiger charge is 2.26. The number of hydrogen-bond acceptors (Lipinski definition) is 7. The van der Waals surface area contributed by atoms with Gasteiger partial charge in [0.15, 0.2) is 11.5 Å². The van der Waals surface area contributed by atoms with Crippen molar-refractivity contribution < 1.29 is 4.79 Å². The molecule has 2 aromatic heterocycles. The van der Waals surface area contributed by atoms with Crippen molar-refractivity contribution in [3.05, 3.63) is 24.2 Å². The van der Waals surface area contributed by atoms with Crippen molar-refractivity contribution in [3.63, 3.8) is 0 Å². The standard InChI is InChI=1S/C11H14N8O/c12-9-8(15-17-16-9)10(20)18-4-6-19(7-5-18)11-13-2-1-3-14-11/h1-3H,4-7H2,(H3,12,15,16,17). The van der Waals surface area contributed by atoms with Gasteiger partial charge < -0.3 is 15.5 Å². The maximum absolute atomic E-state index is 12.2. The molecule has 1 amide bonds. The normalized spacial score (nSPS) is 15.4. The summed E-state index contributed by atoms with van der Waals surface area (Å²) in [6.07, 6.45) is 3.41. The Bertz CT molecular complexity index is 589. The summed E-state index contributed by atoms with van der Waals surface area (Å²) in [7, 11) is 0. The molecule has 9 heteroatoms. The summed E-state index contributed by atoms with van der Waals surface area (Å²) in [6.45, 7) is 2.49. The Hall–Kier alpha value is -2.71. The third-order valence-corrected chi connectivity index (χ3v) is 3.18. The fourth-order valence-corrected chi connectivity index (χ4v) is 2.11.